The minimum Gasteiger partial charge on any atom is -0.506 e. The Morgan fingerprint density at radius 1 is 1.62 bits per heavy atom. The van der Waals surface area contributed by atoms with E-state index in [2.05, 4.69) is 4.98 Å². The van der Waals surface area contributed by atoms with Crippen LogP contribution in [-0.2, 0) is 11.2 Å². The average Bonchev–Trinajstić information content (AvgIpc) is 2.07. The highest BCUT2D eigenvalue weighted by atomic mass is 16.4. The van der Waals surface area contributed by atoms with Gasteiger partial charge in [0, 0.05) is 12.6 Å². The first kappa shape index (κ1) is 9.51. The first-order valence-corrected chi connectivity index (χ1v) is 3.96. The van der Waals surface area contributed by atoms with Crippen molar-refractivity contribution in [1.82, 2.24) is 4.98 Å². The van der Waals surface area contributed by atoms with Gasteiger partial charge in [-0.05, 0) is 25.0 Å². The zero-order valence-electron chi connectivity index (χ0n) is 7.32. The van der Waals surface area contributed by atoms with E-state index < -0.39 is 5.97 Å². The minimum absolute atomic E-state index is 0.0597. The normalized spacial score (nSPS) is 9.92. The first-order chi connectivity index (χ1) is 6.09. The van der Waals surface area contributed by atoms with Crippen molar-refractivity contribution in [2.45, 2.75) is 19.8 Å². The number of aromatic nitrogens is 1. The van der Waals surface area contributed by atoms with Crippen LogP contribution < -0.4 is 0 Å². The Morgan fingerprint density at radius 3 is 2.85 bits per heavy atom. The molecule has 1 aromatic rings. The first-order valence-electron chi connectivity index (χ1n) is 3.96. The number of hydrogen-bond acceptors (Lipinski definition) is 3. The number of rotatable bonds is 3. The Kier molecular flexibility index (Phi) is 2.84. The summed E-state index contributed by atoms with van der Waals surface area (Å²) in [5.41, 5.74) is 1.30. The monoisotopic (exact) mass is 181 g/mol. The summed E-state index contributed by atoms with van der Waals surface area (Å²) in [6.07, 6.45) is 2.04. The Bertz CT molecular complexity index is 323. The van der Waals surface area contributed by atoms with Crippen LogP contribution in [0.5, 0.6) is 5.75 Å². The molecule has 70 valence electrons. The summed E-state index contributed by atoms with van der Waals surface area (Å²) >= 11 is 0. The van der Waals surface area contributed by atoms with Crippen molar-refractivity contribution in [3.05, 3.63) is 23.5 Å². The summed E-state index contributed by atoms with van der Waals surface area (Å²) in [6.45, 7) is 1.69. The molecule has 13 heavy (non-hydrogen) atoms. The van der Waals surface area contributed by atoms with Gasteiger partial charge in [-0.25, -0.2) is 0 Å². The minimum atomic E-state index is -0.847. The third kappa shape index (κ3) is 2.74. The molecule has 0 bridgehead atoms. The van der Waals surface area contributed by atoms with Crippen molar-refractivity contribution < 1.29 is 15.0 Å². The third-order valence-electron chi connectivity index (χ3n) is 1.74. The average molecular weight is 181 g/mol. The second kappa shape index (κ2) is 3.89. The van der Waals surface area contributed by atoms with Crippen LogP contribution >= 0.6 is 0 Å². The molecule has 0 aliphatic rings. The van der Waals surface area contributed by atoms with Gasteiger partial charge in [0.2, 0.25) is 0 Å². The van der Waals surface area contributed by atoms with Crippen LogP contribution in [0, 0.1) is 6.92 Å². The molecule has 0 spiro atoms. The van der Waals surface area contributed by atoms with Crippen LogP contribution in [0.3, 0.4) is 0 Å². The lowest BCUT2D eigenvalue weighted by Gasteiger charge is -2.01. The molecule has 1 rings (SSSR count). The standard InChI is InChI=1S/C9H11NO3/c1-6-8(11)4-7(5-10-6)2-3-9(12)13/h4-5,11H,2-3H2,1H3,(H,12,13). The predicted molar refractivity (Wildman–Crippen MR) is 46.6 cm³/mol. The highest BCUT2D eigenvalue weighted by Crippen LogP contribution is 2.15. The smallest absolute Gasteiger partial charge is 0.303 e. The third-order valence-corrected chi connectivity index (χ3v) is 1.74. The maximum absolute atomic E-state index is 10.2. The van der Waals surface area contributed by atoms with Gasteiger partial charge in [0.15, 0.2) is 0 Å². The molecule has 4 nitrogen and oxygen atoms in total. The zero-order chi connectivity index (χ0) is 9.84. The van der Waals surface area contributed by atoms with E-state index in [1.165, 1.54) is 0 Å². The Balaban J connectivity index is 2.68. The molecule has 0 saturated carbocycles. The van der Waals surface area contributed by atoms with Crippen molar-refractivity contribution >= 4 is 5.97 Å². The molecule has 1 heterocycles. The molecular weight excluding hydrogens is 170 g/mol. The number of aliphatic carboxylic acids is 1. The summed E-state index contributed by atoms with van der Waals surface area (Å²) in [5, 5.41) is 17.7. The maximum atomic E-state index is 10.2. The number of nitrogens with zero attached hydrogens (tertiary/aromatic N) is 1. The molecule has 0 radical (unpaired) electrons. The van der Waals surface area contributed by atoms with E-state index in [4.69, 9.17) is 5.11 Å². The van der Waals surface area contributed by atoms with Crippen LogP contribution in [0.1, 0.15) is 17.7 Å². The molecule has 4 heteroatoms. The maximum Gasteiger partial charge on any atom is 0.303 e. The number of pyridine rings is 1. The van der Waals surface area contributed by atoms with Crippen molar-refractivity contribution in [2.75, 3.05) is 0 Å². The topological polar surface area (TPSA) is 70.4 Å². The molecule has 0 aromatic carbocycles. The van der Waals surface area contributed by atoms with Gasteiger partial charge < -0.3 is 10.2 Å². The van der Waals surface area contributed by atoms with Crippen LogP contribution in [0.15, 0.2) is 12.3 Å². The number of carboxylic acids is 1. The van der Waals surface area contributed by atoms with Gasteiger partial charge in [0.05, 0.1) is 5.69 Å². The number of aromatic hydroxyl groups is 1. The van der Waals surface area contributed by atoms with Gasteiger partial charge >= 0.3 is 5.97 Å². The highest BCUT2D eigenvalue weighted by Gasteiger charge is 2.02. The lowest BCUT2D eigenvalue weighted by atomic mass is 10.1. The van der Waals surface area contributed by atoms with Crippen molar-refractivity contribution in [1.29, 1.82) is 0 Å². The van der Waals surface area contributed by atoms with Crippen LogP contribution in [0.4, 0.5) is 0 Å². The summed E-state index contributed by atoms with van der Waals surface area (Å²) in [5.74, 6) is -0.733. The van der Waals surface area contributed by atoms with Crippen LogP contribution in [0.25, 0.3) is 0 Å². The van der Waals surface area contributed by atoms with E-state index in [1.54, 1.807) is 19.2 Å². The largest absolute Gasteiger partial charge is 0.506 e. The quantitative estimate of drug-likeness (QED) is 0.732. The predicted octanol–water partition coefficient (Wildman–Crippen LogP) is 1.11. The fourth-order valence-electron chi connectivity index (χ4n) is 0.951. The second-order valence-corrected chi connectivity index (χ2v) is 2.84. The van der Waals surface area contributed by atoms with E-state index in [9.17, 15) is 9.90 Å². The van der Waals surface area contributed by atoms with Gasteiger partial charge in [-0.2, -0.15) is 0 Å². The van der Waals surface area contributed by atoms with Crippen LogP contribution in [0.2, 0.25) is 0 Å². The molecule has 0 aliphatic heterocycles. The van der Waals surface area contributed by atoms with Crippen molar-refractivity contribution in [2.24, 2.45) is 0 Å². The molecule has 0 unspecified atom stereocenters. The lowest BCUT2D eigenvalue weighted by molar-refractivity contribution is -0.136. The molecule has 1 aromatic heterocycles. The van der Waals surface area contributed by atoms with E-state index in [-0.39, 0.29) is 12.2 Å². The molecular formula is C9H11NO3. The summed E-state index contributed by atoms with van der Waals surface area (Å²) in [7, 11) is 0. The highest BCUT2D eigenvalue weighted by molar-refractivity contribution is 5.67. The fraction of sp³-hybridized carbons (Fsp3) is 0.333. The van der Waals surface area contributed by atoms with Crippen LogP contribution in [-0.4, -0.2) is 21.2 Å². The van der Waals surface area contributed by atoms with E-state index in [0.717, 1.165) is 5.56 Å². The number of aryl methyl sites for hydroxylation is 2. The van der Waals surface area contributed by atoms with E-state index >= 15 is 0 Å². The molecule has 0 saturated heterocycles. The molecule has 0 atom stereocenters. The summed E-state index contributed by atoms with van der Waals surface area (Å²) in [4.78, 5) is 14.2. The van der Waals surface area contributed by atoms with E-state index in [0.29, 0.717) is 12.1 Å². The molecule has 0 aliphatic carbocycles. The molecule has 2 N–H and O–H groups in total. The Morgan fingerprint density at radius 2 is 2.31 bits per heavy atom. The lowest BCUT2D eigenvalue weighted by Crippen LogP contribution is -1.98. The van der Waals surface area contributed by atoms with Gasteiger partial charge in [0.1, 0.15) is 5.75 Å². The second-order valence-electron chi connectivity index (χ2n) is 2.84. The van der Waals surface area contributed by atoms with Gasteiger partial charge in [-0.1, -0.05) is 0 Å². The Hall–Kier alpha value is -1.58. The Labute approximate surface area is 75.9 Å². The molecule has 0 fully saturated rings. The molecule has 0 amide bonds. The summed E-state index contributed by atoms with van der Waals surface area (Å²) in [6, 6.07) is 1.55. The number of carboxylic acid groups (broad SMARTS) is 1. The van der Waals surface area contributed by atoms with E-state index in [1.807, 2.05) is 0 Å². The van der Waals surface area contributed by atoms with Crippen molar-refractivity contribution in [3.8, 4) is 5.75 Å². The van der Waals surface area contributed by atoms with Gasteiger partial charge in [0.25, 0.3) is 0 Å². The van der Waals surface area contributed by atoms with Gasteiger partial charge in [-0.15, -0.1) is 0 Å². The number of carbonyl (C=O) groups is 1. The van der Waals surface area contributed by atoms with Gasteiger partial charge in [-0.3, -0.25) is 9.78 Å². The van der Waals surface area contributed by atoms with Crippen molar-refractivity contribution in [3.63, 3.8) is 0 Å². The zero-order valence-corrected chi connectivity index (χ0v) is 7.32. The summed E-state index contributed by atoms with van der Waals surface area (Å²) < 4.78 is 0. The SMILES string of the molecule is Cc1ncc(CCC(=O)O)cc1O. The number of hydrogen-bond donors (Lipinski definition) is 2. The fourth-order valence-corrected chi connectivity index (χ4v) is 0.951.